The van der Waals surface area contributed by atoms with Crippen molar-refractivity contribution in [2.75, 3.05) is 27.3 Å². The molecule has 32 heavy (non-hydrogen) atoms. The third kappa shape index (κ3) is 3.44. The van der Waals surface area contributed by atoms with Crippen molar-refractivity contribution < 1.29 is 19.0 Å². The highest BCUT2D eigenvalue weighted by Gasteiger charge is 2.55. The molecule has 5 rings (SSSR count). The summed E-state index contributed by atoms with van der Waals surface area (Å²) in [5.41, 5.74) is 4.23. The maximum absolute atomic E-state index is 13.0. The van der Waals surface area contributed by atoms with E-state index in [2.05, 4.69) is 37.5 Å². The van der Waals surface area contributed by atoms with Gasteiger partial charge in [0.25, 0.3) is 0 Å². The van der Waals surface area contributed by atoms with Crippen LogP contribution in [0.5, 0.6) is 11.5 Å². The molecule has 2 aliphatic carbocycles. The largest absolute Gasteiger partial charge is 0.493 e. The van der Waals surface area contributed by atoms with Crippen molar-refractivity contribution in [1.29, 1.82) is 0 Å². The summed E-state index contributed by atoms with van der Waals surface area (Å²) < 4.78 is 17.1. The van der Waals surface area contributed by atoms with Gasteiger partial charge in [0.05, 0.1) is 20.1 Å². The van der Waals surface area contributed by atoms with Crippen molar-refractivity contribution in [3.8, 4) is 11.5 Å². The van der Waals surface area contributed by atoms with Crippen LogP contribution in [0.25, 0.3) is 0 Å². The summed E-state index contributed by atoms with van der Waals surface area (Å²) in [6, 6.07) is 4.45. The minimum absolute atomic E-state index is 0.0122. The first-order valence-corrected chi connectivity index (χ1v) is 12.2. The normalized spacial score (nSPS) is 36.7. The second kappa shape index (κ2) is 8.09. The van der Waals surface area contributed by atoms with E-state index in [-0.39, 0.29) is 29.4 Å². The number of ether oxygens (including phenoxy) is 3. The molecule has 2 heterocycles. The van der Waals surface area contributed by atoms with Gasteiger partial charge in [0, 0.05) is 25.0 Å². The fourth-order valence-electron chi connectivity index (χ4n) is 7.16. The smallest absolute Gasteiger partial charge is 0.310 e. The average Bonchev–Trinajstić information content (AvgIpc) is 3.06. The van der Waals surface area contributed by atoms with Crippen LogP contribution in [0.4, 0.5) is 0 Å². The lowest BCUT2D eigenvalue weighted by Crippen LogP contribution is -2.46. The molecule has 5 nitrogen and oxygen atoms in total. The highest BCUT2D eigenvalue weighted by Crippen LogP contribution is 2.57. The fourth-order valence-corrected chi connectivity index (χ4v) is 7.16. The second-order valence-electron chi connectivity index (χ2n) is 10.7. The minimum Gasteiger partial charge on any atom is -0.493 e. The first kappa shape index (κ1) is 21.8. The standard InChI is InChI=1S/C27H37NO4/c1-16-7-6-9-27(3)14-25-20(12-22(16)27)21(26(29)32-25)15-28-10-8-18-11-23(30-4)24(31-5)13-19(18)17(28)2/h11,13,17,20-22,25H,1,6-10,12,14-15H2,2-5H3/t17-,20-,21-,22+,25+,27+/m0/s1. The number of nitrogens with zero attached hydrogens (tertiary/aromatic N) is 1. The Labute approximate surface area is 192 Å². The Hall–Kier alpha value is -2.01. The fraction of sp³-hybridized carbons (Fsp3) is 0.667. The van der Waals surface area contributed by atoms with E-state index in [0.717, 1.165) is 50.3 Å². The number of hydrogen-bond acceptors (Lipinski definition) is 5. The van der Waals surface area contributed by atoms with Crippen molar-refractivity contribution in [3.05, 3.63) is 35.4 Å². The van der Waals surface area contributed by atoms with E-state index >= 15 is 0 Å². The molecule has 0 unspecified atom stereocenters. The van der Waals surface area contributed by atoms with Crippen LogP contribution < -0.4 is 9.47 Å². The number of carbonyl (C=O) groups is 1. The molecule has 5 heteroatoms. The van der Waals surface area contributed by atoms with Crippen LogP contribution in [0.3, 0.4) is 0 Å². The summed E-state index contributed by atoms with van der Waals surface area (Å²) in [4.78, 5) is 15.5. The van der Waals surface area contributed by atoms with Crippen LogP contribution in [0, 0.1) is 23.2 Å². The van der Waals surface area contributed by atoms with Crippen LogP contribution in [0.15, 0.2) is 24.3 Å². The zero-order valence-electron chi connectivity index (χ0n) is 20.0. The number of fused-ring (bicyclic) bond motifs is 3. The molecule has 4 aliphatic rings. The molecule has 0 amide bonds. The number of rotatable bonds is 4. The molecule has 0 spiro atoms. The third-order valence-corrected chi connectivity index (χ3v) is 9.06. The first-order chi connectivity index (χ1) is 15.3. The molecule has 0 bridgehead atoms. The molecule has 2 aliphatic heterocycles. The van der Waals surface area contributed by atoms with Gasteiger partial charge >= 0.3 is 5.97 Å². The number of allylic oxidation sites excluding steroid dienone is 1. The molecule has 0 aromatic heterocycles. The van der Waals surface area contributed by atoms with Crippen molar-refractivity contribution >= 4 is 5.97 Å². The maximum Gasteiger partial charge on any atom is 0.310 e. The predicted molar refractivity (Wildman–Crippen MR) is 124 cm³/mol. The summed E-state index contributed by atoms with van der Waals surface area (Å²) in [6.45, 7) is 10.8. The topological polar surface area (TPSA) is 48.0 Å². The molecule has 1 aromatic carbocycles. The lowest BCUT2D eigenvalue weighted by atomic mass is 9.55. The quantitative estimate of drug-likeness (QED) is 0.491. The van der Waals surface area contributed by atoms with Gasteiger partial charge in [-0.05, 0) is 80.0 Å². The number of methoxy groups -OCH3 is 2. The van der Waals surface area contributed by atoms with E-state index in [1.165, 1.54) is 29.5 Å². The first-order valence-electron chi connectivity index (χ1n) is 12.2. The van der Waals surface area contributed by atoms with E-state index in [0.29, 0.717) is 11.8 Å². The molecule has 174 valence electrons. The number of carbonyl (C=O) groups excluding carboxylic acids is 1. The van der Waals surface area contributed by atoms with E-state index in [1.807, 2.05) is 0 Å². The number of hydrogen-bond donors (Lipinski definition) is 0. The third-order valence-electron chi connectivity index (χ3n) is 9.06. The molecule has 1 saturated heterocycles. The van der Waals surface area contributed by atoms with Crippen LogP contribution >= 0.6 is 0 Å². The predicted octanol–water partition coefficient (Wildman–Crippen LogP) is 4.94. The monoisotopic (exact) mass is 439 g/mol. The summed E-state index contributed by atoms with van der Waals surface area (Å²) in [5, 5.41) is 0. The minimum atomic E-state index is -0.0385. The van der Waals surface area contributed by atoms with Crippen LogP contribution in [-0.4, -0.2) is 44.3 Å². The highest BCUT2D eigenvalue weighted by atomic mass is 16.6. The Morgan fingerprint density at radius 3 is 2.72 bits per heavy atom. The van der Waals surface area contributed by atoms with Gasteiger partial charge in [0.1, 0.15) is 6.10 Å². The average molecular weight is 440 g/mol. The van der Waals surface area contributed by atoms with Gasteiger partial charge in [-0.2, -0.15) is 0 Å². The van der Waals surface area contributed by atoms with E-state index in [9.17, 15) is 4.79 Å². The van der Waals surface area contributed by atoms with Crippen LogP contribution in [0.2, 0.25) is 0 Å². The van der Waals surface area contributed by atoms with Gasteiger partial charge in [0.2, 0.25) is 0 Å². The molecular formula is C27H37NO4. The van der Waals surface area contributed by atoms with E-state index in [4.69, 9.17) is 14.2 Å². The second-order valence-corrected chi connectivity index (χ2v) is 10.7. The Morgan fingerprint density at radius 1 is 1.22 bits per heavy atom. The van der Waals surface area contributed by atoms with Gasteiger partial charge < -0.3 is 14.2 Å². The van der Waals surface area contributed by atoms with Crippen molar-refractivity contribution in [3.63, 3.8) is 0 Å². The van der Waals surface area contributed by atoms with Gasteiger partial charge in [-0.25, -0.2) is 0 Å². The van der Waals surface area contributed by atoms with E-state index in [1.54, 1.807) is 14.2 Å². The summed E-state index contributed by atoms with van der Waals surface area (Å²) >= 11 is 0. The van der Waals surface area contributed by atoms with E-state index < -0.39 is 0 Å². The number of esters is 1. The molecule has 3 fully saturated rings. The SMILES string of the molecule is C=C1CCC[C@]2(C)C[C@H]3OC(=O)[C@@H](CN4CCc5cc(OC)c(OC)cc5[C@@H]4C)[C@@H]3C[C@H]12. The molecule has 2 saturated carbocycles. The molecule has 1 aromatic rings. The summed E-state index contributed by atoms with van der Waals surface area (Å²) in [5.74, 6) is 2.37. The van der Waals surface area contributed by atoms with Gasteiger partial charge in [-0.3, -0.25) is 9.69 Å². The summed E-state index contributed by atoms with van der Waals surface area (Å²) in [7, 11) is 3.36. The Morgan fingerprint density at radius 2 is 1.97 bits per heavy atom. The maximum atomic E-state index is 13.0. The van der Waals surface area contributed by atoms with Gasteiger partial charge in [-0.15, -0.1) is 0 Å². The van der Waals surface area contributed by atoms with Crippen molar-refractivity contribution in [2.24, 2.45) is 23.2 Å². The Kier molecular flexibility index (Phi) is 5.51. The molecule has 6 atom stereocenters. The van der Waals surface area contributed by atoms with Crippen molar-refractivity contribution in [1.82, 2.24) is 4.90 Å². The lowest BCUT2D eigenvalue weighted by molar-refractivity contribution is -0.146. The highest BCUT2D eigenvalue weighted by molar-refractivity contribution is 5.75. The zero-order valence-corrected chi connectivity index (χ0v) is 20.0. The van der Waals surface area contributed by atoms with Gasteiger partial charge in [0.15, 0.2) is 11.5 Å². The molecule has 0 N–H and O–H groups in total. The Bertz CT molecular complexity index is 926. The zero-order chi connectivity index (χ0) is 22.6. The lowest BCUT2D eigenvalue weighted by Gasteiger charge is -2.50. The van der Waals surface area contributed by atoms with Gasteiger partial charge in [-0.1, -0.05) is 19.1 Å². The molecule has 0 radical (unpaired) electrons. The van der Waals surface area contributed by atoms with Crippen LogP contribution in [-0.2, 0) is 16.0 Å². The molecular weight excluding hydrogens is 402 g/mol. The number of benzene rings is 1. The van der Waals surface area contributed by atoms with Crippen molar-refractivity contribution in [2.45, 2.75) is 64.5 Å². The van der Waals surface area contributed by atoms with Crippen LogP contribution in [0.1, 0.15) is 63.1 Å². The summed E-state index contributed by atoms with van der Waals surface area (Å²) in [6.07, 6.45) is 6.68. The Balaban J connectivity index is 1.35.